The van der Waals surface area contributed by atoms with Crippen molar-refractivity contribution in [1.29, 1.82) is 0 Å². The lowest BCUT2D eigenvalue weighted by molar-refractivity contribution is 0.198. The molecule has 0 aliphatic carbocycles. The van der Waals surface area contributed by atoms with E-state index >= 15 is 0 Å². The molecule has 0 saturated heterocycles. The molecule has 0 saturated carbocycles. The molecule has 2 atom stereocenters. The Hall–Kier alpha value is -1.59. The highest BCUT2D eigenvalue weighted by Crippen LogP contribution is 2.17. The third kappa shape index (κ3) is 4.71. The van der Waals surface area contributed by atoms with Crippen LogP contribution in [0.3, 0.4) is 0 Å². The molecular weight excluding hydrogens is 278 g/mol. The molecule has 0 fully saturated rings. The number of fused-ring (bicyclic) bond motifs is 1. The van der Waals surface area contributed by atoms with Crippen molar-refractivity contribution in [3.05, 3.63) is 35.4 Å². The Bertz CT molecular complexity index is 493. The summed E-state index contributed by atoms with van der Waals surface area (Å²) < 4.78 is 0. The Balaban J connectivity index is 1.68. The Morgan fingerprint density at radius 3 is 2.77 bits per heavy atom. The quantitative estimate of drug-likeness (QED) is 0.743. The highest BCUT2D eigenvalue weighted by Gasteiger charge is 2.16. The summed E-state index contributed by atoms with van der Waals surface area (Å²) in [5.41, 5.74) is 2.83. The number of hydrogen-bond donors (Lipinski definition) is 3. The highest BCUT2D eigenvalue weighted by molar-refractivity contribution is 5.74. The fourth-order valence-electron chi connectivity index (χ4n) is 2.63. The van der Waals surface area contributed by atoms with Crippen LogP contribution in [0.4, 0.5) is 4.79 Å². The van der Waals surface area contributed by atoms with Gasteiger partial charge < -0.3 is 15.7 Å². The molecule has 1 aliphatic rings. The highest BCUT2D eigenvalue weighted by atomic mass is 16.3. The van der Waals surface area contributed by atoms with E-state index in [1.807, 2.05) is 13.8 Å². The number of carbonyl (C=O) groups is 1. The largest absolute Gasteiger partial charge is 0.396 e. The van der Waals surface area contributed by atoms with Gasteiger partial charge in [0.05, 0.1) is 0 Å². The molecule has 1 heterocycles. The van der Waals surface area contributed by atoms with Gasteiger partial charge in [0.25, 0.3) is 0 Å². The van der Waals surface area contributed by atoms with Crippen molar-refractivity contribution in [3.63, 3.8) is 0 Å². The summed E-state index contributed by atoms with van der Waals surface area (Å²) in [5, 5.41) is 14.8. The fourth-order valence-corrected chi connectivity index (χ4v) is 2.63. The zero-order chi connectivity index (χ0) is 15.9. The number of nitrogens with zero attached hydrogens (tertiary/aromatic N) is 1. The predicted molar refractivity (Wildman–Crippen MR) is 87.7 cm³/mol. The monoisotopic (exact) mass is 305 g/mol. The number of aliphatic hydroxyl groups excluding tert-OH is 1. The van der Waals surface area contributed by atoms with E-state index in [-0.39, 0.29) is 24.6 Å². The van der Waals surface area contributed by atoms with E-state index in [2.05, 4.69) is 39.8 Å². The van der Waals surface area contributed by atoms with Gasteiger partial charge in [-0.25, -0.2) is 4.79 Å². The zero-order valence-electron chi connectivity index (χ0n) is 13.5. The Morgan fingerprint density at radius 1 is 1.32 bits per heavy atom. The SMILES string of the molecule is CC(CO)C(C)NC(=O)NCCN1CCc2ccccc2C1. The van der Waals surface area contributed by atoms with Crippen LogP contribution in [-0.4, -0.2) is 48.3 Å². The first-order valence-corrected chi connectivity index (χ1v) is 8.04. The van der Waals surface area contributed by atoms with Gasteiger partial charge in [0.2, 0.25) is 0 Å². The van der Waals surface area contributed by atoms with Crippen LogP contribution in [0.25, 0.3) is 0 Å². The Labute approximate surface area is 132 Å². The van der Waals surface area contributed by atoms with Gasteiger partial charge in [-0.05, 0) is 30.4 Å². The molecule has 1 aromatic carbocycles. The van der Waals surface area contributed by atoms with Gasteiger partial charge >= 0.3 is 6.03 Å². The van der Waals surface area contributed by atoms with Crippen molar-refractivity contribution < 1.29 is 9.90 Å². The van der Waals surface area contributed by atoms with E-state index in [1.165, 1.54) is 11.1 Å². The summed E-state index contributed by atoms with van der Waals surface area (Å²) in [5.74, 6) is 0.0596. The average Bonchev–Trinajstić information content (AvgIpc) is 2.53. The van der Waals surface area contributed by atoms with E-state index in [9.17, 15) is 4.79 Å². The van der Waals surface area contributed by atoms with Crippen molar-refractivity contribution >= 4 is 6.03 Å². The zero-order valence-corrected chi connectivity index (χ0v) is 13.5. The normalized spacial score (nSPS) is 17.4. The Morgan fingerprint density at radius 2 is 2.05 bits per heavy atom. The lowest BCUT2D eigenvalue weighted by atomic mass is 10.00. The summed E-state index contributed by atoms with van der Waals surface area (Å²) in [7, 11) is 0. The lowest BCUT2D eigenvalue weighted by Gasteiger charge is -2.28. The van der Waals surface area contributed by atoms with E-state index in [0.29, 0.717) is 6.54 Å². The second-order valence-corrected chi connectivity index (χ2v) is 6.14. The summed E-state index contributed by atoms with van der Waals surface area (Å²) in [6.07, 6.45) is 1.08. The molecule has 0 aromatic heterocycles. The van der Waals surface area contributed by atoms with Crippen molar-refractivity contribution in [2.45, 2.75) is 32.9 Å². The van der Waals surface area contributed by atoms with Gasteiger partial charge in [-0.15, -0.1) is 0 Å². The van der Waals surface area contributed by atoms with Gasteiger partial charge in [0, 0.05) is 38.8 Å². The molecule has 1 aromatic rings. The number of benzene rings is 1. The van der Waals surface area contributed by atoms with Gasteiger partial charge in [-0.1, -0.05) is 31.2 Å². The molecule has 2 unspecified atom stereocenters. The molecule has 0 spiro atoms. The second kappa shape index (κ2) is 8.15. The summed E-state index contributed by atoms with van der Waals surface area (Å²) in [6, 6.07) is 8.35. The maximum atomic E-state index is 11.8. The van der Waals surface area contributed by atoms with Crippen LogP contribution in [0.5, 0.6) is 0 Å². The van der Waals surface area contributed by atoms with Crippen LogP contribution in [0.15, 0.2) is 24.3 Å². The minimum absolute atomic E-state index is 0.0353. The first-order valence-electron chi connectivity index (χ1n) is 8.04. The molecule has 0 radical (unpaired) electrons. The maximum absolute atomic E-state index is 11.8. The van der Waals surface area contributed by atoms with Gasteiger partial charge in [0.15, 0.2) is 0 Å². The fraction of sp³-hybridized carbons (Fsp3) is 0.588. The summed E-state index contributed by atoms with van der Waals surface area (Å²) in [4.78, 5) is 14.2. The number of hydrogen-bond acceptors (Lipinski definition) is 3. The van der Waals surface area contributed by atoms with Crippen molar-refractivity contribution in [3.8, 4) is 0 Å². The molecule has 5 nitrogen and oxygen atoms in total. The van der Waals surface area contributed by atoms with Crippen molar-refractivity contribution in [1.82, 2.24) is 15.5 Å². The molecule has 122 valence electrons. The van der Waals surface area contributed by atoms with Crippen molar-refractivity contribution in [2.75, 3.05) is 26.2 Å². The number of nitrogens with one attached hydrogen (secondary N) is 2. The van der Waals surface area contributed by atoms with E-state index in [1.54, 1.807) is 0 Å². The lowest BCUT2D eigenvalue weighted by Crippen LogP contribution is -2.46. The number of urea groups is 1. The first kappa shape index (κ1) is 16.8. The third-order valence-electron chi connectivity index (χ3n) is 4.42. The number of aliphatic hydroxyl groups is 1. The van der Waals surface area contributed by atoms with E-state index in [4.69, 9.17) is 5.11 Å². The molecular formula is C17H27N3O2. The number of rotatable bonds is 6. The van der Waals surface area contributed by atoms with Crippen LogP contribution in [0.2, 0.25) is 0 Å². The van der Waals surface area contributed by atoms with Crippen LogP contribution in [0.1, 0.15) is 25.0 Å². The first-order chi connectivity index (χ1) is 10.6. The predicted octanol–water partition coefficient (Wildman–Crippen LogP) is 1.36. The molecule has 22 heavy (non-hydrogen) atoms. The molecule has 5 heteroatoms. The van der Waals surface area contributed by atoms with E-state index in [0.717, 1.165) is 26.1 Å². The minimum Gasteiger partial charge on any atom is -0.396 e. The molecule has 0 bridgehead atoms. The topological polar surface area (TPSA) is 64.6 Å². The second-order valence-electron chi connectivity index (χ2n) is 6.14. The minimum atomic E-state index is -0.162. The number of carbonyl (C=O) groups excluding carboxylic acids is 1. The van der Waals surface area contributed by atoms with Crippen LogP contribution in [0, 0.1) is 5.92 Å². The van der Waals surface area contributed by atoms with Crippen LogP contribution in [-0.2, 0) is 13.0 Å². The standard InChI is InChI=1S/C17H27N3O2/c1-13(12-21)14(2)19-17(22)18-8-10-20-9-7-15-5-3-4-6-16(15)11-20/h3-6,13-14,21H,7-12H2,1-2H3,(H2,18,19,22). The third-order valence-corrected chi connectivity index (χ3v) is 4.42. The van der Waals surface area contributed by atoms with E-state index < -0.39 is 0 Å². The number of amides is 2. The molecule has 2 rings (SSSR count). The maximum Gasteiger partial charge on any atom is 0.315 e. The van der Waals surface area contributed by atoms with Crippen LogP contribution < -0.4 is 10.6 Å². The smallest absolute Gasteiger partial charge is 0.315 e. The van der Waals surface area contributed by atoms with Gasteiger partial charge in [-0.3, -0.25) is 4.90 Å². The molecule has 3 N–H and O–H groups in total. The van der Waals surface area contributed by atoms with Crippen LogP contribution >= 0.6 is 0 Å². The van der Waals surface area contributed by atoms with Gasteiger partial charge in [-0.2, -0.15) is 0 Å². The summed E-state index contributed by atoms with van der Waals surface area (Å²) in [6.45, 7) is 7.38. The Kier molecular flexibility index (Phi) is 6.21. The average molecular weight is 305 g/mol. The molecule has 1 aliphatic heterocycles. The summed E-state index contributed by atoms with van der Waals surface area (Å²) >= 11 is 0. The molecule has 2 amide bonds. The van der Waals surface area contributed by atoms with Crippen molar-refractivity contribution in [2.24, 2.45) is 5.92 Å². The van der Waals surface area contributed by atoms with Gasteiger partial charge in [0.1, 0.15) is 0 Å².